The van der Waals surface area contributed by atoms with E-state index in [4.69, 9.17) is 4.98 Å². The fraction of sp³-hybridized carbons (Fsp3) is 0.0769. The van der Waals surface area contributed by atoms with Crippen LogP contribution in [-0.2, 0) is 0 Å². The van der Waals surface area contributed by atoms with Gasteiger partial charge in [0, 0.05) is 38.9 Å². The predicted octanol–water partition coefficient (Wildman–Crippen LogP) is 13.4. The Hall–Kier alpha value is -7.22. The average Bonchev–Trinajstić information content (AvgIpc) is 3.72. The SMILES string of the molecule is Cc1ccc(-c2ccc3c(c2)c2ccccc2n3-c2ccc(C#N)cc2-c2ccncc2-n2c3ccccc3c3cc(-c4ccc(C)cc4C)ccc32)c(C)c1. The highest BCUT2D eigenvalue weighted by Gasteiger charge is 2.22. The molecule has 4 nitrogen and oxygen atoms in total. The van der Waals surface area contributed by atoms with Gasteiger partial charge in [0.2, 0.25) is 0 Å². The number of aromatic nitrogens is 3. The molecule has 0 atom stereocenters. The molecule has 10 aromatic rings. The van der Waals surface area contributed by atoms with E-state index in [0.717, 1.165) is 44.6 Å². The summed E-state index contributed by atoms with van der Waals surface area (Å²) in [5.41, 5.74) is 18.8. The monoisotopic (exact) mass is 718 g/mol. The lowest BCUT2D eigenvalue weighted by atomic mass is 9.97. The summed E-state index contributed by atoms with van der Waals surface area (Å²) in [7, 11) is 0. The summed E-state index contributed by atoms with van der Waals surface area (Å²) >= 11 is 0. The van der Waals surface area contributed by atoms with Crippen molar-refractivity contribution in [3.63, 3.8) is 0 Å². The lowest BCUT2D eigenvalue weighted by Crippen LogP contribution is -2.02. The van der Waals surface area contributed by atoms with Gasteiger partial charge in [0.25, 0.3) is 0 Å². The number of nitrogens with zero attached hydrogens (tertiary/aromatic N) is 4. The van der Waals surface area contributed by atoms with Gasteiger partial charge in [-0.15, -0.1) is 0 Å². The van der Waals surface area contributed by atoms with Crippen LogP contribution in [-0.4, -0.2) is 14.1 Å². The zero-order chi connectivity index (χ0) is 38.1. The van der Waals surface area contributed by atoms with Crippen molar-refractivity contribution in [3.8, 4) is 50.8 Å². The molecule has 0 bridgehead atoms. The van der Waals surface area contributed by atoms with Gasteiger partial charge < -0.3 is 9.13 Å². The van der Waals surface area contributed by atoms with E-state index < -0.39 is 0 Å². The zero-order valence-electron chi connectivity index (χ0n) is 31.8. The number of fused-ring (bicyclic) bond motifs is 6. The molecule has 10 rings (SSSR count). The van der Waals surface area contributed by atoms with Crippen molar-refractivity contribution in [3.05, 3.63) is 186 Å². The summed E-state index contributed by atoms with van der Waals surface area (Å²) in [6.45, 7) is 8.65. The Morgan fingerprint density at radius 3 is 1.54 bits per heavy atom. The van der Waals surface area contributed by atoms with Crippen LogP contribution in [0, 0.1) is 39.0 Å². The molecule has 0 N–H and O–H groups in total. The van der Waals surface area contributed by atoms with Gasteiger partial charge in [0.05, 0.1) is 51.3 Å². The smallest absolute Gasteiger partial charge is 0.0991 e. The van der Waals surface area contributed by atoms with E-state index in [1.165, 1.54) is 66.1 Å². The van der Waals surface area contributed by atoms with Crippen LogP contribution in [0.1, 0.15) is 27.8 Å². The number of nitriles is 1. The summed E-state index contributed by atoms with van der Waals surface area (Å²) in [5.74, 6) is 0. The van der Waals surface area contributed by atoms with Crippen LogP contribution >= 0.6 is 0 Å². The van der Waals surface area contributed by atoms with E-state index in [0.29, 0.717) is 5.56 Å². The third kappa shape index (κ3) is 5.24. The van der Waals surface area contributed by atoms with Crippen LogP contribution < -0.4 is 0 Å². The summed E-state index contributed by atoms with van der Waals surface area (Å²) in [6.07, 6.45) is 3.82. The largest absolute Gasteiger partial charge is 0.309 e. The molecule has 0 radical (unpaired) electrons. The second-order valence-corrected chi connectivity index (χ2v) is 15.0. The Labute approximate surface area is 326 Å². The van der Waals surface area contributed by atoms with Gasteiger partial charge in [-0.05, 0) is 122 Å². The lowest BCUT2D eigenvalue weighted by Gasteiger charge is -2.18. The van der Waals surface area contributed by atoms with Gasteiger partial charge in [-0.3, -0.25) is 4.98 Å². The Kier molecular flexibility index (Phi) is 7.73. The summed E-state index contributed by atoms with van der Waals surface area (Å²) in [4.78, 5) is 4.72. The van der Waals surface area contributed by atoms with Crippen LogP contribution in [0.25, 0.3) is 88.4 Å². The van der Waals surface area contributed by atoms with Gasteiger partial charge in [0.1, 0.15) is 0 Å². The van der Waals surface area contributed by atoms with Crippen LogP contribution in [0.4, 0.5) is 0 Å². The van der Waals surface area contributed by atoms with Crippen molar-refractivity contribution in [2.45, 2.75) is 27.7 Å². The molecule has 0 unspecified atom stereocenters. The minimum Gasteiger partial charge on any atom is -0.309 e. The van der Waals surface area contributed by atoms with Crippen LogP contribution in [0.15, 0.2) is 158 Å². The van der Waals surface area contributed by atoms with Crippen LogP contribution in [0.5, 0.6) is 0 Å². The van der Waals surface area contributed by atoms with Crippen molar-refractivity contribution in [1.29, 1.82) is 5.26 Å². The number of hydrogen-bond acceptors (Lipinski definition) is 2. The molecule has 0 amide bonds. The molecule has 3 heterocycles. The molecule has 0 fully saturated rings. The fourth-order valence-corrected chi connectivity index (χ4v) is 8.88. The van der Waals surface area contributed by atoms with Gasteiger partial charge >= 0.3 is 0 Å². The normalized spacial score (nSPS) is 11.6. The van der Waals surface area contributed by atoms with Crippen molar-refractivity contribution in [2.75, 3.05) is 0 Å². The quantitative estimate of drug-likeness (QED) is 0.178. The van der Waals surface area contributed by atoms with Crippen molar-refractivity contribution < 1.29 is 0 Å². The Morgan fingerprint density at radius 1 is 0.446 bits per heavy atom. The van der Waals surface area contributed by atoms with E-state index >= 15 is 0 Å². The van der Waals surface area contributed by atoms with Crippen LogP contribution in [0.2, 0.25) is 0 Å². The molecule has 0 aliphatic carbocycles. The third-order valence-corrected chi connectivity index (χ3v) is 11.4. The highest BCUT2D eigenvalue weighted by atomic mass is 15.0. The van der Waals surface area contributed by atoms with E-state index in [1.54, 1.807) is 0 Å². The molecular weight excluding hydrogens is 681 g/mol. The maximum Gasteiger partial charge on any atom is 0.0991 e. The first-order valence-electron chi connectivity index (χ1n) is 19.1. The molecule has 0 aliphatic rings. The van der Waals surface area contributed by atoms with Crippen molar-refractivity contribution in [2.24, 2.45) is 0 Å². The van der Waals surface area contributed by atoms with Crippen LogP contribution in [0.3, 0.4) is 0 Å². The van der Waals surface area contributed by atoms with Crippen molar-refractivity contribution >= 4 is 43.6 Å². The van der Waals surface area contributed by atoms with Crippen molar-refractivity contribution in [1.82, 2.24) is 14.1 Å². The van der Waals surface area contributed by atoms with Gasteiger partial charge in [-0.25, -0.2) is 0 Å². The fourth-order valence-electron chi connectivity index (χ4n) is 8.88. The van der Waals surface area contributed by atoms with Gasteiger partial charge in [0.15, 0.2) is 0 Å². The molecule has 0 aliphatic heterocycles. The molecule has 0 saturated heterocycles. The molecule has 266 valence electrons. The van der Waals surface area contributed by atoms with E-state index in [9.17, 15) is 5.26 Å². The Bertz CT molecular complexity index is 3260. The number of hydrogen-bond donors (Lipinski definition) is 0. The first kappa shape index (κ1) is 33.4. The third-order valence-electron chi connectivity index (χ3n) is 11.4. The first-order valence-corrected chi connectivity index (χ1v) is 19.1. The second kappa shape index (κ2) is 13.0. The molecule has 0 saturated carbocycles. The average molecular weight is 719 g/mol. The molecule has 3 aromatic heterocycles. The summed E-state index contributed by atoms with van der Waals surface area (Å²) in [5, 5.41) is 15.0. The Balaban J connectivity index is 1.22. The highest BCUT2D eigenvalue weighted by molar-refractivity contribution is 6.12. The molecule has 7 aromatic carbocycles. The maximum atomic E-state index is 10.3. The topological polar surface area (TPSA) is 46.5 Å². The summed E-state index contributed by atoms with van der Waals surface area (Å²) in [6, 6.07) is 54.8. The molecule has 0 spiro atoms. The van der Waals surface area contributed by atoms with E-state index in [2.05, 4.69) is 176 Å². The number of benzene rings is 7. The minimum atomic E-state index is 0.602. The standard InChI is InChI=1S/C52H38N4/c1-32-13-18-39(34(3)25-32)37-16-21-50-45(28-37)41-9-5-7-11-47(41)55(50)49-20-15-36(30-53)27-44(49)43-23-24-54-31-52(43)56-48-12-8-6-10-42(48)46-29-38(17-22-51(46)56)40-19-14-33(2)26-35(40)4/h5-29,31H,1-4H3. The number of aryl methyl sites for hydroxylation is 4. The molecular formula is C52H38N4. The van der Waals surface area contributed by atoms with Gasteiger partial charge in [-0.2, -0.15) is 5.26 Å². The Morgan fingerprint density at radius 2 is 0.982 bits per heavy atom. The van der Waals surface area contributed by atoms with Gasteiger partial charge in [-0.1, -0.05) is 96.1 Å². The second-order valence-electron chi connectivity index (χ2n) is 15.0. The predicted molar refractivity (Wildman–Crippen MR) is 233 cm³/mol. The van der Waals surface area contributed by atoms with E-state index in [1.807, 2.05) is 24.5 Å². The lowest BCUT2D eigenvalue weighted by molar-refractivity contribution is 1.13. The first-order chi connectivity index (χ1) is 27.4. The molecule has 4 heteroatoms. The highest BCUT2D eigenvalue weighted by Crippen LogP contribution is 2.42. The van der Waals surface area contributed by atoms with E-state index in [-0.39, 0.29) is 0 Å². The summed E-state index contributed by atoms with van der Waals surface area (Å²) < 4.78 is 4.70. The zero-order valence-corrected chi connectivity index (χ0v) is 31.8. The number of pyridine rings is 1. The number of rotatable bonds is 5. The minimum absolute atomic E-state index is 0.602. The maximum absolute atomic E-state index is 10.3. The number of para-hydroxylation sites is 2. The molecule has 56 heavy (non-hydrogen) atoms.